The van der Waals surface area contributed by atoms with Crippen LogP contribution in [0.25, 0.3) is 16.5 Å². The van der Waals surface area contributed by atoms with Crippen LogP contribution in [-0.4, -0.2) is 33.8 Å². The number of aliphatic imine (C=N–C) groups is 1. The Bertz CT molecular complexity index is 1160. The van der Waals surface area contributed by atoms with Crippen molar-refractivity contribution in [3.05, 3.63) is 59.3 Å². The summed E-state index contributed by atoms with van der Waals surface area (Å²) >= 11 is 0. The van der Waals surface area contributed by atoms with E-state index in [2.05, 4.69) is 34.4 Å². The zero-order valence-corrected chi connectivity index (χ0v) is 18.6. The van der Waals surface area contributed by atoms with Gasteiger partial charge in [0, 0.05) is 34.6 Å². The van der Waals surface area contributed by atoms with Gasteiger partial charge in [-0.2, -0.15) is 5.10 Å². The number of benzene rings is 1. The van der Waals surface area contributed by atoms with Crippen LogP contribution < -0.4 is 11.1 Å². The normalized spacial score (nSPS) is 17.0. The molecule has 4 rings (SSSR count). The van der Waals surface area contributed by atoms with E-state index in [0.29, 0.717) is 36.2 Å². The van der Waals surface area contributed by atoms with Crippen LogP contribution in [0, 0.1) is 11.3 Å². The van der Waals surface area contributed by atoms with Gasteiger partial charge in [0.2, 0.25) is 5.91 Å². The molecule has 1 heterocycles. The number of hydrogen-bond acceptors (Lipinski definition) is 3. The Labute approximate surface area is 188 Å². The van der Waals surface area contributed by atoms with Gasteiger partial charge >= 0.3 is 0 Å². The van der Waals surface area contributed by atoms with Crippen molar-refractivity contribution in [1.82, 2.24) is 15.5 Å². The molecule has 32 heavy (non-hydrogen) atoms. The predicted molar refractivity (Wildman–Crippen MR) is 130 cm³/mol. The number of amidine groups is 2. The van der Waals surface area contributed by atoms with Gasteiger partial charge in [-0.15, -0.1) is 0 Å². The maximum Gasteiger partial charge on any atom is 0.247 e. The SMILES string of the molecule is CC(C)CC(N)=NC(=N)c1ccc2[nH]nc(C3=CC=CCC(C(=O)NC4CCC4)=C3)c2c1. The van der Waals surface area contributed by atoms with Crippen molar-refractivity contribution in [2.24, 2.45) is 16.6 Å². The second-order valence-electron chi connectivity index (χ2n) is 8.91. The van der Waals surface area contributed by atoms with Crippen molar-refractivity contribution >= 4 is 34.1 Å². The Balaban J connectivity index is 1.63. The number of H-pyrrole nitrogens is 1. The van der Waals surface area contributed by atoms with Crippen molar-refractivity contribution in [3.8, 4) is 0 Å². The van der Waals surface area contributed by atoms with Crippen molar-refractivity contribution in [3.63, 3.8) is 0 Å². The quantitative estimate of drug-likeness (QED) is 0.405. The molecular formula is C25H30N6O. The molecule has 2 aliphatic carbocycles. The first-order chi connectivity index (χ1) is 15.4. The molecule has 0 unspecified atom stereocenters. The van der Waals surface area contributed by atoms with E-state index < -0.39 is 0 Å². The van der Waals surface area contributed by atoms with Crippen LogP contribution in [0.3, 0.4) is 0 Å². The molecule has 1 saturated carbocycles. The lowest BCUT2D eigenvalue weighted by molar-refractivity contribution is -0.118. The van der Waals surface area contributed by atoms with Crippen LogP contribution >= 0.6 is 0 Å². The highest BCUT2D eigenvalue weighted by Crippen LogP contribution is 2.28. The highest BCUT2D eigenvalue weighted by molar-refractivity contribution is 6.07. The summed E-state index contributed by atoms with van der Waals surface area (Å²) in [4.78, 5) is 17.0. The third-order valence-electron chi connectivity index (χ3n) is 5.79. The van der Waals surface area contributed by atoms with Gasteiger partial charge in [-0.25, -0.2) is 4.99 Å². The first kappa shape index (κ1) is 21.7. The number of aromatic amines is 1. The number of hydrogen-bond donors (Lipinski definition) is 4. The average Bonchev–Trinajstić information content (AvgIpc) is 2.98. The smallest absolute Gasteiger partial charge is 0.247 e. The molecule has 0 aliphatic heterocycles. The molecule has 0 atom stereocenters. The van der Waals surface area contributed by atoms with Crippen molar-refractivity contribution in [2.75, 3.05) is 0 Å². The fourth-order valence-electron chi connectivity index (χ4n) is 3.85. The van der Waals surface area contributed by atoms with Gasteiger partial charge in [-0.05, 0) is 55.9 Å². The summed E-state index contributed by atoms with van der Waals surface area (Å²) < 4.78 is 0. The van der Waals surface area contributed by atoms with Gasteiger partial charge in [0.25, 0.3) is 0 Å². The second-order valence-corrected chi connectivity index (χ2v) is 8.91. The number of nitrogens with zero attached hydrogens (tertiary/aromatic N) is 2. The van der Waals surface area contributed by atoms with E-state index in [1.54, 1.807) is 0 Å². The molecule has 1 fully saturated rings. The molecule has 5 N–H and O–H groups in total. The van der Waals surface area contributed by atoms with E-state index in [0.717, 1.165) is 40.6 Å². The van der Waals surface area contributed by atoms with Crippen LogP contribution in [0.15, 0.2) is 53.1 Å². The summed E-state index contributed by atoms with van der Waals surface area (Å²) in [6.45, 7) is 4.14. The van der Waals surface area contributed by atoms with Crippen LogP contribution in [0.4, 0.5) is 0 Å². The molecular weight excluding hydrogens is 400 g/mol. The lowest BCUT2D eigenvalue weighted by atomic mass is 9.92. The van der Waals surface area contributed by atoms with E-state index in [1.807, 2.05) is 42.5 Å². The second kappa shape index (κ2) is 9.34. The van der Waals surface area contributed by atoms with Crippen molar-refractivity contribution in [2.45, 2.75) is 52.0 Å². The van der Waals surface area contributed by atoms with Gasteiger partial charge in [-0.1, -0.05) is 32.1 Å². The molecule has 1 aromatic carbocycles. The zero-order chi connectivity index (χ0) is 22.7. The number of fused-ring (bicyclic) bond motifs is 1. The molecule has 7 nitrogen and oxygen atoms in total. The fraction of sp³-hybridized carbons (Fsp3) is 0.360. The van der Waals surface area contributed by atoms with Gasteiger partial charge in [0.1, 0.15) is 5.84 Å². The molecule has 0 spiro atoms. The van der Waals surface area contributed by atoms with E-state index in [9.17, 15) is 4.79 Å². The number of rotatable bonds is 6. The van der Waals surface area contributed by atoms with Crippen molar-refractivity contribution in [1.29, 1.82) is 5.41 Å². The summed E-state index contributed by atoms with van der Waals surface area (Å²) in [7, 11) is 0. The number of carbonyl (C=O) groups excluding carboxylic acids is 1. The van der Waals surface area contributed by atoms with Crippen LogP contribution in [-0.2, 0) is 4.79 Å². The molecule has 0 saturated heterocycles. The highest BCUT2D eigenvalue weighted by atomic mass is 16.1. The Morgan fingerprint density at radius 3 is 2.91 bits per heavy atom. The third kappa shape index (κ3) is 4.88. The average molecular weight is 431 g/mol. The topological polar surface area (TPSA) is 120 Å². The lowest BCUT2D eigenvalue weighted by Crippen LogP contribution is -2.40. The fourth-order valence-corrected chi connectivity index (χ4v) is 3.85. The van der Waals surface area contributed by atoms with E-state index in [4.69, 9.17) is 11.1 Å². The summed E-state index contributed by atoms with van der Waals surface area (Å²) in [5.41, 5.74) is 9.85. The number of aromatic nitrogens is 2. The third-order valence-corrected chi connectivity index (χ3v) is 5.79. The molecule has 0 bridgehead atoms. The lowest BCUT2D eigenvalue weighted by Gasteiger charge is -2.26. The van der Waals surface area contributed by atoms with Crippen LogP contribution in [0.2, 0.25) is 0 Å². The maximum absolute atomic E-state index is 12.7. The van der Waals surface area contributed by atoms with Gasteiger partial charge in [0.05, 0.1) is 11.2 Å². The van der Waals surface area contributed by atoms with Gasteiger partial charge in [-0.3, -0.25) is 15.3 Å². The predicted octanol–water partition coefficient (Wildman–Crippen LogP) is 4.23. The standard InChI is InChI=1S/C25H30N6O/c1-15(2)12-22(26)29-24(27)17-10-11-21-20(14-17)23(31-30-21)16-6-3-4-7-18(13-16)25(32)28-19-8-5-9-19/h3-4,6,10-11,13-15,19H,5,7-9,12H2,1-2H3,(H,28,32)(H,30,31)(H3,26,27,29). The highest BCUT2D eigenvalue weighted by Gasteiger charge is 2.22. The Morgan fingerprint density at radius 2 is 2.19 bits per heavy atom. The summed E-state index contributed by atoms with van der Waals surface area (Å²) in [6.07, 6.45) is 12.4. The number of nitrogens with one attached hydrogen (secondary N) is 3. The minimum absolute atomic E-state index is 0.00979. The minimum Gasteiger partial charge on any atom is -0.387 e. The number of allylic oxidation sites excluding steroid dienone is 5. The Kier molecular flexibility index (Phi) is 6.35. The minimum atomic E-state index is -0.00979. The van der Waals surface area contributed by atoms with E-state index >= 15 is 0 Å². The number of amides is 1. The molecule has 1 aromatic heterocycles. The Morgan fingerprint density at radius 1 is 1.38 bits per heavy atom. The van der Waals surface area contributed by atoms with Gasteiger partial charge in [0.15, 0.2) is 5.84 Å². The van der Waals surface area contributed by atoms with Crippen LogP contribution in [0.5, 0.6) is 0 Å². The monoisotopic (exact) mass is 430 g/mol. The Hall–Kier alpha value is -3.48. The molecule has 2 aromatic rings. The molecule has 2 aliphatic rings. The van der Waals surface area contributed by atoms with E-state index in [1.165, 1.54) is 6.42 Å². The van der Waals surface area contributed by atoms with Crippen LogP contribution in [0.1, 0.15) is 57.2 Å². The molecule has 7 heteroatoms. The van der Waals surface area contributed by atoms with Gasteiger partial charge < -0.3 is 11.1 Å². The van der Waals surface area contributed by atoms with E-state index in [-0.39, 0.29) is 11.7 Å². The molecule has 0 radical (unpaired) electrons. The largest absolute Gasteiger partial charge is 0.387 e. The zero-order valence-electron chi connectivity index (χ0n) is 18.6. The first-order valence-electron chi connectivity index (χ1n) is 11.2. The summed E-state index contributed by atoms with van der Waals surface area (Å²) in [5.74, 6) is 0.957. The number of carbonyl (C=O) groups is 1. The molecule has 166 valence electrons. The van der Waals surface area contributed by atoms with Crippen molar-refractivity contribution < 1.29 is 4.79 Å². The summed E-state index contributed by atoms with van der Waals surface area (Å²) in [6, 6.07) is 5.94. The maximum atomic E-state index is 12.7. The summed E-state index contributed by atoms with van der Waals surface area (Å²) in [5, 5.41) is 19.9. The number of nitrogens with two attached hydrogens (primary N) is 1. The molecule has 1 amide bonds. The first-order valence-corrected chi connectivity index (χ1v) is 11.2.